The average Bonchev–Trinajstić information content (AvgIpc) is 2.14. The van der Waals surface area contributed by atoms with E-state index in [9.17, 15) is 17.6 Å². The standard InChI is InChI=1S/C9H7F4NS/c10-7-2-5(8(14)4-15)1-6(3-7)9(11,12)13/h1-4,15H,14H2/b8-4-. The molecule has 0 unspecified atom stereocenters. The van der Waals surface area contributed by atoms with E-state index in [2.05, 4.69) is 12.6 Å². The van der Waals surface area contributed by atoms with Crippen molar-refractivity contribution in [3.05, 3.63) is 40.6 Å². The first-order chi connectivity index (χ1) is 6.84. The van der Waals surface area contributed by atoms with Gasteiger partial charge in [0.25, 0.3) is 0 Å². The van der Waals surface area contributed by atoms with E-state index in [-0.39, 0.29) is 11.3 Å². The maximum atomic E-state index is 12.8. The van der Waals surface area contributed by atoms with Gasteiger partial charge in [0, 0.05) is 11.3 Å². The second kappa shape index (κ2) is 4.14. The third kappa shape index (κ3) is 2.89. The molecule has 2 N–H and O–H groups in total. The van der Waals surface area contributed by atoms with Gasteiger partial charge in [0.05, 0.1) is 5.56 Å². The molecule has 0 bridgehead atoms. The molecule has 1 aromatic carbocycles. The first kappa shape index (κ1) is 11.9. The molecule has 6 heteroatoms. The fourth-order valence-electron chi connectivity index (χ4n) is 0.995. The highest BCUT2D eigenvalue weighted by atomic mass is 32.1. The van der Waals surface area contributed by atoms with Crippen LogP contribution in [0.3, 0.4) is 0 Å². The van der Waals surface area contributed by atoms with Crippen LogP contribution >= 0.6 is 12.6 Å². The first-order valence-corrected chi connectivity index (χ1v) is 4.34. The first-order valence-electron chi connectivity index (χ1n) is 3.82. The third-order valence-corrected chi connectivity index (χ3v) is 1.98. The lowest BCUT2D eigenvalue weighted by Gasteiger charge is -2.09. The largest absolute Gasteiger partial charge is 0.416 e. The Kier molecular flexibility index (Phi) is 3.28. The number of nitrogens with two attached hydrogens (primary N) is 1. The van der Waals surface area contributed by atoms with Gasteiger partial charge in [0.2, 0.25) is 0 Å². The van der Waals surface area contributed by atoms with Crippen LogP contribution in [0.4, 0.5) is 17.6 Å². The predicted molar refractivity (Wildman–Crippen MR) is 52.6 cm³/mol. The van der Waals surface area contributed by atoms with Crippen LogP contribution in [0.5, 0.6) is 0 Å². The Balaban J connectivity index is 3.29. The van der Waals surface area contributed by atoms with E-state index in [0.717, 1.165) is 17.5 Å². The number of benzene rings is 1. The molecule has 0 saturated heterocycles. The molecular formula is C9H7F4NS. The zero-order valence-electron chi connectivity index (χ0n) is 7.35. The zero-order valence-corrected chi connectivity index (χ0v) is 8.24. The summed E-state index contributed by atoms with van der Waals surface area (Å²) >= 11 is 3.68. The van der Waals surface area contributed by atoms with Crippen molar-refractivity contribution in [1.29, 1.82) is 0 Å². The molecular weight excluding hydrogens is 230 g/mol. The molecule has 0 radical (unpaired) electrons. The molecule has 15 heavy (non-hydrogen) atoms. The van der Waals surface area contributed by atoms with E-state index in [1.807, 2.05) is 0 Å². The Morgan fingerprint density at radius 1 is 1.27 bits per heavy atom. The minimum absolute atomic E-state index is 0.0247. The number of hydrogen-bond acceptors (Lipinski definition) is 2. The molecule has 0 aromatic heterocycles. The van der Waals surface area contributed by atoms with Crippen LogP contribution in [0.15, 0.2) is 23.6 Å². The SMILES string of the molecule is N/C(=C\S)c1cc(F)cc(C(F)(F)F)c1. The van der Waals surface area contributed by atoms with E-state index in [1.165, 1.54) is 0 Å². The minimum Gasteiger partial charge on any atom is -0.398 e. The molecule has 1 aromatic rings. The Morgan fingerprint density at radius 3 is 2.33 bits per heavy atom. The van der Waals surface area contributed by atoms with Crippen molar-refractivity contribution in [3.8, 4) is 0 Å². The van der Waals surface area contributed by atoms with Gasteiger partial charge in [0.15, 0.2) is 0 Å². The van der Waals surface area contributed by atoms with Gasteiger partial charge in [-0.05, 0) is 23.6 Å². The van der Waals surface area contributed by atoms with Crippen LogP contribution in [0.25, 0.3) is 5.70 Å². The molecule has 82 valence electrons. The molecule has 0 saturated carbocycles. The van der Waals surface area contributed by atoms with Crippen molar-refractivity contribution >= 4 is 18.3 Å². The van der Waals surface area contributed by atoms with Gasteiger partial charge in [0.1, 0.15) is 5.82 Å². The van der Waals surface area contributed by atoms with Crippen molar-refractivity contribution < 1.29 is 17.6 Å². The summed E-state index contributed by atoms with van der Waals surface area (Å²) in [5.74, 6) is -0.988. The maximum absolute atomic E-state index is 12.8. The quantitative estimate of drug-likeness (QED) is 0.570. The van der Waals surface area contributed by atoms with Gasteiger partial charge in [-0.3, -0.25) is 0 Å². The van der Waals surface area contributed by atoms with Gasteiger partial charge in [-0.15, -0.1) is 12.6 Å². The lowest BCUT2D eigenvalue weighted by Crippen LogP contribution is -2.07. The van der Waals surface area contributed by atoms with Gasteiger partial charge < -0.3 is 5.73 Å². The van der Waals surface area contributed by atoms with Crippen LogP contribution in [0, 0.1) is 5.82 Å². The number of thiol groups is 1. The van der Waals surface area contributed by atoms with E-state index < -0.39 is 17.6 Å². The molecule has 0 atom stereocenters. The van der Waals surface area contributed by atoms with Crippen molar-refractivity contribution in [2.45, 2.75) is 6.18 Å². The van der Waals surface area contributed by atoms with Crippen molar-refractivity contribution in [1.82, 2.24) is 0 Å². The summed E-state index contributed by atoms with van der Waals surface area (Å²) in [6, 6.07) is 2.09. The lowest BCUT2D eigenvalue weighted by molar-refractivity contribution is -0.137. The molecule has 0 spiro atoms. The fraction of sp³-hybridized carbons (Fsp3) is 0.111. The summed E-state index contributed by atoms with van der Waals surface area (Å²) in [6.45, 7) is 0. The highest BCUT2D eigenvalue weighted by Crippen LogP contribution is 2.31. The Hall–Kier alpha value is -1.17. The van der Waals surface area contributed by atoms with Crippen LogP contribution in [-0.2, 0) is 6.18 Å². The van der Waals surface area contributed by atoms with Crippen molar-refractivity contribution in [3.63, 3.8) is 0 Å². The summed E-state index contributed by atoms with van der Waals surface area (Å²) in [7, 11) is 0. The third-order valence-electron chi connectivity index (χ3n) is 1.70. The van der Waals surface area contributed by atoms with Gasteiger partial charge in [-0.25, -0.2) is 4.39 Å². The molecule has 0 aliphatic heterocycles. The Morgan fingerprint density at radius 2 is 1.87 bits per heavy atom. The summed E-state index contributed by atoms with van der Waals surface area (Å²) in [5, 5.41) is 1.11. The topological polar surface area (TPSA) is 26.0 Å². The molecule has 1 rings (SSSR count). The molecule has 0 amide bonds. The number of alkyl halides is 3. The molecule has 0 aliphatic rings. The normalized spacial score (nSPS) is 13.0. The summed E-state index contributed by atoms with van der Waals surface area (Å²) in [4.78, 5) is 0. The van der Waals surface area contributed by atoms with Crippen LogP contribution in [-0.4, -0.2) is 0 Å². The highest BCUT2D eigenvalue weighted by Gasteiger charge is 2.31. The van der Waals surface area contributed by atoms with Crippen LogP contribution < -0.4 is 5.73 Å². The predicted octanol–water partition coefficient (Wildman–Crippen LogP) is 3.03. The summed E-state index contributed by atoms with van der Waals surface area (Å²) in [6.07, 6.45) is -4.59. The van der Waals surface area contributed by atoms with Gasteiger partial charge in [-0.1, -0.05) is 0 Å². The number of halogens is 4. The summed E-state index contributed by atoms with van der Waals surface area (Å²) in [5.41, 5.74) is 4.18. The number of rotatable bonds is 1. The number of hydrogen-bond donors (Lipinski definition) is 2. The van der Waals surface area contributed by atoms with Crippen LogP contribution in [0.2, 0.25) is 0 Å². The van der Waals surface area contributed by atoms with Crippen molar-refractivity contribution in [2.75, 3.05) is 0 Å². The van der Waals surface area contributed by atoms with E-state index in [1.54, 1.807) is 0 Å². The Bertz CT molecular complexity index is 398. The monoisotopic (exact) mass is 237 g/mol. The Labute approximate surface area is 89.0 Å². The zero-order chi connectivity index (χ0) is 11.6. The maximum Gasteiger partial charge on any atom is 0.416 e. The second-order valence-corrected chi connectivity index (χ2v) is 3.07. The highest BCUT2D eigenvalue weighted by molar-refractivity contribution is 7.83. The lowest BCUT2D eigenvalue weighted by atomic mass is 10.1. The van der Waals surface area contributed by atoms with Crippen LogP contribution in [0.1, 0.15) is 11.1 Å². The summed E-state index contributed by atoms with van der Waals surface area (Å²) < 4.78 is 49.7. The molecule has 1 nitrogen and oxygen atoms in total. The van der Waals surface area contributed by atoms with Gasteiger partial charge in [-0.2, -0.15) is 13.2 Å². The van der Waals surface area contributed by atoms with E-state index in [4.69, 9.17) is 5.73 Å². The van der Waals surface area contributed by atoms with Gasteiger partial charge >= 0.3 is 6.18 Å². The minimum atomic E-state index is -4.59. The van der Waals surface area contributed by atoms with Crippen molar-refractivity contribution in [2.24, 2.45) is 5.73 Å². The fourth-order valence-corrected chi connectivity index (χ4v) is 1.14. The molecule has 0 fully saturated rings. The molecule has 0 heterocycles. The average molecular weight is 237 g/mol. The van der Waals surface area contributed by atoms with E-state index >= 15 is 0 Å². The molecule has 0 aliphatic carbocycles. The second-order valence-electron chi connectivity index (χ2n) is 2.81. The smallest absolute Gasteiger partial charge is 0.398 e. The van der Waals surface area contributed by atoms with E-state index in [0.29, 0.717) is 6.07 Å².